The van der Waals surface area contributed by atoms with Gasteiger partial charge in [0.25, 0.3) is 0 Å². The van der Waals surface area contributed by atoms with Gasteiger partial charge in [0.2, 0.25) is 0 Å². The van der Waals surface area contributed by atoms with E-state index in [9.17, 15) is 0 Å². The van der Waals surface area contributed by atoms with Crippen molar-refractivity contribution in [1.29, 1.82) is 0 Å². The predicted octanol–water partition coefficient (Wildman–Crippen LogP) is 4.92. The molecule has 0 saturated heterocycles. The second-order valence-corrected chi connectivity index (χ2v) is 10.6. The van der Waals surface area contributed by atoms with Crippen molar-refractivity contribution in [3.63, 3.8) is 0 Å². The number of hydrogen-bond donors (Lipinski definition) is 0. The van der Waals surface area contributed by atoms with Crippen LogP contribution in [0.5, 0.6) is 0 Å². The van der Waals surface area contributed by atoms with Crippen molar-refractivity contribution < 1.29 is 4.43 Å². The summed E-state index contributed by atoms with van der Waals surface area (Å²) in [5.41, 5.74) is 0. The molecule has 94 valence electrons. The molecule has 0 aromatic heterocycles. The lowest BCUT2D eigenvalue weighted by Crippen LogP contribution is -2.42. The zero-order chi connectivity index (χ0) is 12.8. The Morgan fingerprint density at radius 2 is 1.81 bits per heavy atom. The van der Waals surface area contributed by atoms with Crippen LogP contribution in [0, 0.1) is 0 Å². The first-order valence-electron chi connectivity index (χ1n) is 6.16. The van der Waals surface area contributed by atoms with Crippen LogP contribution in [0.3, 0.4) is 0 Å². The molecule has 0 aromatic rings. The zero-order valence-electron chi connectivity index (χ0n) is 11.8. The highest BCUT2D eigenvalue weighted by molar-refractivity contribution is 6.74. The molecule has 0 radical (unpaired) electrons. The minimum absolute atomic E-state index is 0.228. The second kappa shape index (κ2) is 6.41. The lowest BCUT2D eigenvalue weighted by atomic mass is 10.2. The Balaban J connectivity index is 4.18. The second-order valence-electron chi connectivity index (χ2n) is 5.88. The van der Waals surface area contributed by atoms with Gasteiger partial charge in [0.1, 0.15) is 0 Å². The molecule has 0 aliphatic carbocycles. The van der Waals surface area contributed by atoms with Gasteiger partial charge >= 0.3 is 0 Å². The summed E-state index contributed by atoms with van der Waals surface area (Å²) in [4.78, 5) is 0. The summed E-state index contributed by atoms with van der Waals surface area (Å²) in [5, 5.41) is 0.288. The summed E-state index contributed by atoms with van der Waals surface area (Å²) in [7, 11) is -1.61. The maximum absolute atomic E-state index is 6.21. The van der Waals surface area contributed by atoms with Crippen molar-refractivity contribution in [3.8, 4) is 0 Å². The van der Waals surface area contributed by atoms with Gasteiger partial charge in [-0.05, 0) is 37.9 Å². The van der Waals surface area contributed by atoms with E-state index in [2.05, 4.69) is 59.5 Å². The Kier molecular flexibility index (Phi) is 6.27. The molecule has 0 aliphatic rings. The van der Waals surface area contributed by atoms with Crippen molar-refractivity contribution in [2.75, 3.05) is 0 Å². The monoisotopic (exact) mass is 240 g/mol. The molecule has 1 atom stereocenters. The summed E-state index contributed by atoms with van der Waals surface area (Å²) >= 11 is 0. The fourth-order valence-electron chi connectivity index (χ4n) is 1.18. The first-order chi connectivity index (χ1) is 7.20. The molecule has 0 heterocycles. The van der Waals surface area contributed by atoms with Crippen LogP contribution in [0.25, 0.3) is 0 Å². The van der Waals surface area contributed by atoms with Crippen LogP contribution < -0.4 is 0 Å². The van der Waals surface area contributed by atoms with Gasteiger partial charge in [-0.3, -0.25) is 0 Å². The van der Waals surface area contributed by atoms with Gasteiger partial charge in [-0.2, -0.15) is 0 Å². The third-order valence-electron chi connectivity index (χ3n) is 3.23. The SMILES string of the molecule is C=CCC/C=C\[C@@H](C)O[Si](C)(C)C(C)(C)C. The van der Waals surface area contributed by atoms with Gasteiger partial charge in [-0.25, -0.2) is 0 Å². The van der Waals surface area contributed by atoms with Crippen molar-refractivity contribution in [1.82, 2.24) is 0 Å². The van der Waals surface area contributed by atoms with E-state index in [0.717, 1.165) is 12.8 Å². The molecule has 0 unspecified atom stereocenters. The molecule has 2 heteroatoms. The highest BCUT2D eigenvalue weighted by atomic mass is 28.4. The van der Waals surface area contributed by atoms with Crippen LogP contribution in [-0.4, -0.2) is 14.4 Å². The van der Waals surface area contributed by atoms with Crippen molar-refractivity contribution in [3.05, 3.63) is 24.8 Å². The molecule has 0 spiro atoms. The van der Waals surface area contributed by atoms with Crippen LogP contribution >= 0.6 is 0 Å². The van der Waals surface area contributed by atoms with E-state index in [1.807, 2.05) is 6.08 Å². The summed E-state index contributed by atoms with van der Waals surface area (Å²) in [6.07, 6.45) is 8.65. The normalized spacial score (nSPS) is 15.4. The van der Waals surface area contributed by atoms with E-state index in [0.29, 0.717) is 0 Å². The first kappa shape index (κ1) is 15.7. The predicted molar refractivity (Wildman–Crippen MR) is 76.3 cm³/mol. The Morgan fingerprint density at radius 3 is 2.25 bits per heavy atom. The molecule has 0 aromatic carbocycles. The molecule has 0 bridgehead atoms. The number of rotatable bonds is 6. The number of hydrogen-bond acceptors (Lipinski definition) is 1. The van der Waals surface area contributed by atoms with E-state index in [4.69, 9.17) is 4.43 Å². The fraction of sp³-hybridized carbons (Fsp3) is 0.714. The molecule has 1 nitrogen and oxygen atoms in total. The van der Waals surface area contributed by atoms with E-state index >= 15 is 0 Å². The van der Waals surface area contributed by atoms with Gasteiger partial charge in [-0.15, -0.1) is 6.58 Å². The zero-order valence-corrected chi connectivity index (χ0v) is 12.8. The van der Waals surface area contributed by atoms with Crippen LogP contribution in [0.2, 0.25) is 18.1 Å². The first-order valence-corrected chi connectivity index (χ1v) is 9.07. The van der Waals surface area contributed by atoms with Gasteiger partial charge in [-0.1, -0.05) is 39.0 Å². The van der Waals surface area contributed by atoms with Crippen molar-refractivity contribution >= 4 is 8.32 Å². The molecule has 0 amide bonds. The summed E-state index contributed by atoms with van der Waals surface area (Å²) in [6, 6.07) is 0. The maximum atomic E-state index is 6.21. The summed E-state index contributed by atoms with van der Waals surface area (Å²) in [6.45, 7) is 17.2. The minimum Gasteiger partial charge on any atom is -0.411 e. The Morgan fingerprint density at radius 1 is 1.25 bits per heavy atom. The largest absolute Gasteiger partial charge is 0.411 e. The lowest BCUT2D eigenvalue weighted by molar-refractivity contribution is 0.243. The standard InChI is InChI=1S/C14H28OSi/c1-8-9-10-11-12-13(2)15-16(6,7)14(3,4)5/h8,11-13H,1,9-10H2,2-7H3/b12-11-/t13-/m1/s1. The molecule has 16 heavy (non-hydrogen) atoms. The third kappa shape index (κ3) is 5.66. The Hall–Kier alpha value is -0.343. The average Bonchev–Trinajstić information content (AvgIpc) is 2.10. The summed E-state index contributed by atoms with van der Waals surface area (Å²) < 4.78 is 6.21. The fourth-order valence-corrected chi connectivity index (χ4v) is 2.54. The Bertz CT molecular complexity index is 236. The van der Waals surface area contributed by atoms with Gasteiger partial charge in [0.05, 0.1) is 6.10 Å². The van der Waals surface area contributed by atoms with Gasteiger partial charge < -0.3 is 4.43 Å². The van der Waals surface area contributed by atoms with E-state index < -0.39 is 8.32 Å². The average molecular weight is 240 g/mol. The lowest BCUT2D eigenvalue weighted by Gasteiger charge is -2.37. The van der Waals surface area contributed by atoms with Crippen molar-refractivity contribution in [2.24, 2.45) is 0 Å². The third-order valence-corrected chi connectivity index (χ3v) is 7.80. The Labute approximate surface area is 103 Å². The van der Waals surface area contributed by atoms with Crippen LogP contribution in [-0.2, 0) is 4.43 Å². The van der Waals surface area contributed by atoms with Crippen LogP contribution in [0.4, 0.5) is 0 Å². The maximum Gasteiger partial charge on any atom is 0.192 e. The molecule has 0 fully saturated rings. The highest BCUT2D eigenvalue weighted by Crippen LogP contribution is 2.37. The van der Waals surface area contributed by atoms with E-state index in [1.54, 1.807) is 0 Å². The molecule has 0 rings (SSSR count). The minimum atomic E-state index is -1.61. The quantitative estimate of drug-likeness (QED) is 0.364. The molecular formula is C14H28OSi. The number of unbranched alkanes of at least 4 members (excludes halogenated alkanes) is 1. The van der Waals surface area contributed by atoms with Crippen LogP contribution in [0.1, 0.15) is 40.5 Å². The number of allylic oxidation sites excluding steroid dienone is 2. The van der Waals surface area contributed by atoms with E-state index in [1.165, 1.54) is 0 Å². The summed E-state index contributed by atoms with van der Waals surface area (Å²) in [5.74, 6) is 0. The molecule has 0 N–H and O–H groups in total. The van der Waals surface area contributed by atoms with E-state index in [-0.39, 0.29) is 11.1 Å². The molecule has 0 aliphatic heterocycles. The van der Waals surface area contributed by atoms with Gasteiger partial charge in [0.15, 0.2) is 8.32 Å². The molecule has 0 saturated carbocycles. The van der Waals surface area contributed by atoms with Gasteiger partial charge in [0, 0.05) is 0 Å². The smallest absolute Gasteiger partial charge is 0.192 e. The topological polar surface area (TPSA) is 9.23 Å². The highest BCUT2D eigenvalue weighted by Gasteiger charge is 2.37. The van der Waals surface area contributed by atoms with Crippen molar-refractivity contribution in [2.45, 2.75) is 64.8 Å². The van der Waals surface area contributed by atoms with Crippen LogP contribution in [0.15, 0.2) is 24.8 Å². The molecular weight excluding hydrogens is 212 g/mol.